The average molecular weight is 601 g/mol. The molecule has 0 spiro atoms. The van der Waals surface area contributed by atoms with E-state index in [0.717, 1.165) is 0 Å². The topological polar surface area (TPSA) is 148 Å². The number of nitrogens with one attached hydrogen (secondary N) is 1. The summed E-state index contributed by atoms with van der Waals surface area (Å²) in [6.45, 7) is 3.20. The third kappa shape index (κ3) is 7.58. The third-order valence-corrected chi connectivity index (χ3v) is 7.12. The number of nitrogens with two attached hydrogens (primary N) is 1. The van der Waals surface area contributed by atoms with E-state index in [-0.39, 0.29) is 24.0 Å². The Labute approximate surface area is 245 Å². The van der Waals surface area contributed by atoms with E-state index in [4.69, 9.17) is 15.2 Å². The monoisotopic (exact) mass is 600 g/mol. The Morgan fingerprint density at radius 3 is 2.12 bits per heavy atom. The molecular weight excluding hydrogens is 569 g/mol. The van der Waals surface area contributed by atoms with Crippen molar-refractivity contribution in [2.45, 2.75) is 62.9 Å². The quantitative estimate of drug-likeness (QED) is 0.267. The van der Waals surface area contributed by atoms with E-state index < -0.39 is 54.1 Å². The van der Waals surface area contributed by atoms with Crippen LogP contribution in [0.4, 0.5) is 13.2 Å². The summed E-state index contributed by atoms with van der Waals surface area (Å²) in [6, 6.07) is 17.6. The van der Waals surface area contributed by atoms with Crippen LogP contribution in [0, 0.1) is 0 Å². The minimum Gasteiger partial charge on any atom is -0.478 e. The van der Waals surface area contributed by atoms with Crippen LogP contribution in [0.1, 0.15) is 45.7 Å². The first-order valence-corrected chi connectivity index (χ1v) is 13.4. The summed E-state index contributed by atoms with van der Waals surface area (Å²) in [5, 5.41) is 21.0. The molecule has 43 heavy (non-hydrogen) atoms. The first kappa shape index (κ1) is 31.7. The summed E-state index contributed by atoms with van der Waals surface area (Å²) in [7, 11) is 0. The maximum absolute atomic E-state index is 13.3. The third-order valence-electron chi connectivity index (χ3n) is 7.12. The second-order valence-corrected chi connectivity index (χ2v) is 10.7. The lowest BCUT2D eigenvalue weighted by Gasteiger charge is -2.31. The number of carbonyl (C=O) groups is 3. The van der Waals surface area contributed by atoms with Gasteiger partial charge in [0.1, 0.15) is 12.2 Å². The Morgan fingerprint density at radius 1 is 0.884 bits per heavy atom. The number of carboxylic acid groups (broad SMARTS) is 2. The van der Waals surface area contributed by atoms with Crippen molar-refractivity contribution in [3.63, 3.8) is 0 Å². The second kappa shape index (κ2) is 12.5. The zero-order valence-electron chi connectivity index (χ0n) is 23.3. The number of aromatic carboxylic acids is 2. The first-order valence-electron chi connectivity index (χ1n) is 13.4. The lowest BCUT2D eigenvalue weighted by molar-refractivity contribution is -0.176. The summed E-state index contributed by atoms with van der Waals surface area (Å²) in [5.41, 5.74) is 8.23. The van der Waals surface area contributed by atoms with Crippen molar-refractivity contribution in [3.8, 4) is 11.1 Å². The molecule has 1 amide bonds. The smallest absolute Gasteiger partial charge is 0.471 e. The minimum atomic E-state index is -5.12. The van der Waals surface area contributed by atoms with Crippen LogP contribution in [0.2, 0.25) is 0 Å². The van der Waals surface area contributed by atoms with Crippen LogP contribution in [0.3, 0.4) is 0 Å². The molecule has 3 aromatic carbocycles. The van der Waals surface area contributed by atoms with Crippen LogP contribution in [0.15, 0.2) is 72.8 Å². The molecule has 1 saturated heterocycles. The van der Waals surface area contributed by atoms with Gasteiger partial charge in [0.25, 0.3) is 0 Å². The largest absolute Gasteiger partial charge is 0.478 e. The molecule has 3 aromatic rings. The van der Waals surface area contributed by atoms with Gasteiger partial charge in [-0.3, -0.25) is 4.79 Å². The zero-order chi connectivity index (χ0) is 31.5. The Bertz CT molecular complexity index is 1490. The number of carbonyl (C=O) groups excluding carboxylic acids is 1. The van der Waals surface area contributed by atoms with E-state index in [1.165, 1.54) is 18.2 Å². The fraction of sp³-hybridized carbons (Fsp3) is 0.323. The standard InChI is InChI=1S/C31H31F3N2O7/c1-30(2)42-25(26(43-30)24(36-29(41)31(32,33)34)14-17-8-4-3-5-9-17)23(35)16-18-10-6-7-11-20(18)19-12-13-21(27(37)38)22(15-19)28(39)40/h3-13,15,23-26H,14,16,35H2,1-2H3,(H,36,41)(H,37,38)(H,39,40)/t23-,24-,25+,26+/m1/s1. The van der Waals surface area contributed by atoms with Crippen molar-refractivity contribution >= 4 is 17.8 Å². The molecule has 228 valence electrons. The van der Waals surface area contributed by atoms with Gasteiger partial charge in [-0.05, 0) is 61.1 Å². The van der Waals surface area contributed by atoms with E-state index >= 15 is 0 Å². The van der Waals surface area contributed by atoms with Crippen molar-refractivity contribution in [2.24, 2.45) is 5.73 Å². The van der Waals surface area contributed by atoms with Crippen molar-refractivity contribution in [1.82, 2.24) is 5.32 Å². The van der Waals surface area contributed by atoms with Crippen LogP contribution in [-0.4, -0.2) is 64.3 Å². The van der Waals surface area contributed by atoms with Crippen molar-refractivity contribution in [3.05, 3.63) is 95.1 Å². The minimum absolute atomic E-state index is 0.0144. The van der Waals surface area contributed by atoms with Crippen molar-refractivity contribution < 1.29 is 47.2 Å². The molecule has 0 bridgehead atoms. The highest BCUT2D eigenvalue weighted by molar-refractivity contribution is 6.02. The molecule has 0 radical (unpaired) electrons. The molecule has 0 saturated carbocycles. The van der Waals surface area contributed by atoms with Crippen LogP contribution < -0.4 is 11.1 Å². The molecule has 0 aromatic heterocycles. The fourth-order valence-electron chi connectivity index (χ4n) is 5.25. The maximum atomic E-state index is 13.3. The Kier molecular flexibility index (Phi) is 9.24. The maximum Gasteiger partial charge on any atom is 0.471 e. The summed E-state index contributed by atoms with van der Waals surface area (Å²) in [6.07, 6.45) is -6.98. The predicted octanol–water partition coefficient (Wildman–Crippen LogP) is 4.43. The van der Waals surface area contributed by atoms with Gasteiger partial charge in [0, 0.05) is 6.04 Å². The van der Waals surface area contributed by atoms with Crippen molar-refractivity contribution in [1.29, 1.82) is 0 Å². The Morgan fingerprint density at radius 2 is 1.49 bits per heavy atom. The highest BCUT2D eigenvalue weighted by atomic mass is 19.4. The molecule has 0 aliphatic carbocycles. The van der Waals surface area contributed by atoms with E-state index in [1.54, 1.807) is 68.4 Å². The number of carboxylic acids is 2. The molecule has 9 nitrogen and oxygen atoms in total. The number of amides is 1. The van der Waals surface area contributed by atoms with E-state index in [2.05, 4.69) is 5.32 Å². The van der Waals surface area contributed by atoms with E-state index in [0.29, 0.717) is 22.3 Å². The molecule has 12 heteroatoms. The van der Waals surface area contributed by atoms with Gasteiger partial charge in [-0.25, -0.2) is 9.59 Å². The molecule has 0 unspecified atom stereocenters. The average Bonchev–Trinajstić information content (AvgIpc) is 3.28. The number of halogens is 3. The summed E-state index contributed by atoms with van der Waals surface area (Å²) < 4.78 is 52.1. The fourth-order valence-corrected chi connectivity index (χ4v) is 5.25. The molecule has 1 heterocycles. The van der Waals surface area contributed by atoms with Gasteiger partial charge >= 0.3 is 24.0 Å². The lowest BCUT2D eigenvalue weighted by Crippen LogP contribution is -2.56. The molecule has 4 rings (SSSR count). The highest BCUT2D eigenvalue weighted by Gasteiger charge is 2.50. The molecule has 5 N–H and O–H groups in total. The van der Waals surface area contributed by atoms with Gasteiger partial charge in [0.05, 0.1) is 17.2 Å². The van der Waals surface area contributed by atoms with Crippen molar-refractivity contribution in [2.75, 3.05) is 0 Å². The predicted molar refractivity (Wildman–Crippen MR) is 149 cm³/mol. The van der Waals surface area contributed by atoms with Crippen LogP contribution in [0.5, 0.6) is 0 Å². The SMILES string of the molecule is CC1(C)O[C@@H]([C@H](N)Cc2ccccc2-c2ccc(C(=O)O)c(C(=O)O)c2)[C@H]([C@@H](Cc2ccccc2)NC(=O)C(F)(F)F)O1. The van der Waals surface area contributed by atoms with Gasteiger partial charge in [0.2, 0.25) is 0 Å². The van der Waals surface area contributed by atoms with Crippen LogP contribution >= 0.6 is 0 Å². The molecule has 4 atom stereocenters. The number of ether oxygens (including phenoxy) is 2. The highest BCUT2D eigenvalue weighted by Crippen LogP contribution is 2.35. The number of hydrogen-bond acceptors (Lipinski definition) is 6. The molecule has 1 fully saturated rings. The van der Waals surface area contributed by atoms with Gasteiger partial charge in [0.15, 0.2) is 5.79 Å². The normalized spacial score (nSPS) is 19.4. The van der Waals surface area contributed by atoms with E-state index in [1.807, 2.05) is 0 Å². The van der Waals surface area contributed by atoms with Crippen LogP contribution in [-0.2, 0) is 27.1 Å². The molecule has 1 aliphatic rings. The first-order chi connectivity index (χ1) is 20.2. The van der Waals surface area contributed by atoms with Gasteiger partial charge < -0.3 is 30.7 Å². The molecular formula is C31H31F3N2O7. The second-order valence-electron chi connectivity index (χ2n) is 10.7. The summed E-state index contributed by atoms with van der Waals surface area (Å²) in [5.74, 6) is -6.12. The Balaban J connectivity index is 1.66. The zero-order valence-corrected chi connectivity index (χ0v) is 23.3. The number of benzene rings is 3. The van der Waals surface area contributed by atoms with E-state index in [9.17, 15) is 37.8 Å². The van der Waals surface area contributed by atoms with Gasteiger partial charge in [-0.2, -0.15) is 13.2 Å². The van der Waals surface area contributed by atoms with Crippen LogP contribution in [0.25, 0.3) is 11.1 Å². The summed E-state index contributed by atoms with van der Waals surface area (Å²) >= 11 is 0. The summed E-state index contributed by atoms with van der Waals surface area (Å²) in [4.78, 5) is 35.3. The molecule has 1 aliphatic heterocycles. The van der Waals surface area contributed by atoms with Gasteiger partial charge in [-0.15, -0.1) is 0 Å². The Hall–Kier alpha value is -4.26. The number of rotatable bonds is 10. The number of hydrogen-bond donors (Lipinski definition) is 4. The van der Waals surface area contributed by atoms with Gasteiger partial charge in [-0.1, -0.05) is 60.7 Å². The number of alkyl halides is 3. The lowest BCUT2D eigenvalue weighted by atomic mass is 9.88.